The standard InChI is InChI=1S/C15H21F3N4O2/c1-24-13-12(3-2-5-19-13)8-21-14(23)20-7-11-4-6-22(9-11)10-15(16,17)18/h2-3,5,11H,4,6-10H2,1H3,(H2,20,21,23). The molecule has 1 aliphatic rings. The lowest BCUT2D eigenvalue weighted by Crippen LogP contribution is -2.39. The first-order valence-electron chi connectivity index (χ1n) is 7.66. The fourth-order valence-electron chi connectivity index (χ4n) is 2.69. The molecule has 2 N–H and O–H groups in total. The molecule has 1 saturated heterocycles. The number of ether oxygens (including phenoxy) is 1. The van der Waals surface area contributed by atoms with E-state index in [0.29, 0.717) is 31.9 Å². The zero-order valence-electron chi connectivity index (χ0n) is 13.4. The summed E-state index contributed by atoms with van der Waals surface area (Å²) in [6, 6.07) is 3.17. The van der Waals surface area contributed by atoms with Gasteiger partial charge in [-0.2, -0.15) is 13.2 Å². The number of methoxy groups -OCH3 is 1. The monoisotopic (exact) mass is 346 g/mol. The largest absolute Gasteiger partial charge is 0.481 e. The Hall–Kier alpha value is -2.03. The van der Waals surface area contributed by atoms with E-state index in [1.807, 2.05) is 0 Å². The van der Waals surface area contributed by atoms with E-state index in [2.05, 4.69) is 15.6 Å². The summed E-state index contributed by atoms with van der Waals surface area (Å²) in [5.74, 6) is 0.474. The van der Waals surface area contributed by atoms with E-state index in [4.69, 9.17) is 4.74 Å². The maximum atomic E-state index is 12.3. The zero-order valence-corrected chi connectivity index (χ0v) is 13.4. The maximum absolute atomic E-state index is 12.3. The minimum Gasteiger partial charge on any atom is -0.481 e. The molecule has 0 radical (unpaired) electrons. The van der Waals surface area contributed by atoms with Gasteiger partial charge in [0.1, 0.15) is 0 Å². The second-order valence-corrected chi connectivity index (χ2v) is 5.74. The van der Waals surface area contributed by atoms with Crippen molar-refractivity contribution in [2.75, 3.05) is 33.3 Å². The second kappa shape index (κ2) is 8.18. The van der Waals surface area contributed by atoms with Gasteiger partial charge in [0.15, 0.2) is 0 Å². The lowest BCUT2D eigenvalue weighted by molar-refractivity contribution is -0.143. The third-order valence-corrected chi connectivity index (χ3v) is 3.81. The topological polar surface area (TPSA) is 66.5 Å². The number of alkyl halides is 3. The van der Waals surface area contributed by atoms with Crippen molar-refractivity contribution < 1.29 is 22.7 Å². The number of rotatable bonds is 6. The molecule has 1 aliphatic heterocycles. The molecule has 1 aromatic heterocycles. The van der Waals surface area contributed by atoms with Gasteiger partial charge in [0.2, 0.25) is 5.88 Å². The van der Waals surface area contributed by atoms with Crippen molar-refractivity contribution in [1.82, 2.24) is 20.5 Å². The number of carbonyl (C=O) groups is 1. The van der Waals surface area contributed by atoms with Gasteiger partial charge in [0.05, 0.1) is 13.7 Å². The van der Waals surface area contributed by atoms with Crippen LogP contribution in [0.4, 0.5) is 18.0 Å². The van der Waals surface area contributed by atoms with Gasteiger partial charge >= 0.3 is 12.2 Å². The molecule has 0 saturated carbocycles. The molecule has 0 aromatic carbocycles. The van der Waals surface area contributed by atoms with Crippen LogP contribution < -0.4 is 15.4 Å². The van der Waals surface area contributed by atoms with Crippen molar-refractivity contribution in [2.24, 2.45) is 5.92 Å². The predicted molar refractivity (Wildman–Crippen MR) is 81.6 cm³/mol. The molecule has 2 rings (SSSR count). The maximum Gasteiger partial charge on any atom is 0.401 e. The molecule has 1 aromatic rings. The summed E-state index contributed by atoms with van der Waals surface area (Å²) in [6.45, 7) is 0.463. The van der Waals surface area contributed by atoms with Crippen molar-refractivity contribution in [1.29, 1.82) is 0 Å². The Labute approximate surface area is 138 Å². The smallest absolute Gasteiger partial charge is 0.401 e. The number of amides is 2. The molecule has 0 bridgehead atoms. The number of nitrogens with one attached hydrogen (secondary N) is 2. The van der Waals surface area contributed by atoms with E-state index in [1.165, 1.54) is 12.0 Å². The minimum absolute atomic E-state index is 0.0334. The molecule has 0 aliphatic carbocycles. The third kappa shape index (κ3) is 5.88. The molecular weight excluding hydrogens is 325 g/mol. The van der Waals surface area contributed by atoms with Crippen LogP contribution >= 0.6 is 0 Å². The van der Waals surface area contributed by atoms with Crippen LogP contribution in [0.1, 0.15) is 12.0 Å². The second-order valence-electron chi connectivity index (χ2n) is 5.74. The zero-order chi connectivity index (χ0) is 17.6. The van der Waals surface area contributed by atoms with Crippen LogP contribution in [0.15, 0.2) is 18.3 Å². The molecule has 2 amide bonds. The molecule has 1 fully saturated rings. The predicted octanol–water partition coefficient (Wildman–Crippen LogP) is 1.77. The number of nitrogens with zero attached hydrogens (tertiary/aromatic N) is 2. The first-order valence-corrected chi connectivity index (χ1v) is 7.66. The summed E-state index contributed by atoms with van der Waals surface area (Å²) < 4.78 is 42.1. The quantitative estimate of drug-likeness (QED) is 0.824. The van der Waals surface area contributed by atoms with Crippen LogP contribution in [0, 0.1) is 5.92 Å². The van der Waals surface area contributed by atoms with Crippen molar-refractivity contribution in [3.8, 4) is 5.88 Å². The Morgan fingerprint density at radius 1 is 1.46 bits per heavy atom. The average molecular weight is 346 g/mol. The Bertz CT molecular complexity index is 554. The molecule has 134 valence electrons. The van der Waals surface area contributed by atoms with Gasteiger partial charge in [-0.05, 0) is 24.9 Å². The van der Waals surface area contributed by atoms with Gasteiger partial charge in [-0.15, -0.1) is 0 Å². The SMILES string of the molecule is COc1ncccc1CNC(=O)NCC1CCN(CC(F)(F)F)C1. The van der Waals surface area contributed by atoms with Crippen LogP contribution in [-0.4, -0.2) is 55.4 Å². The van der Waals surface area contributed by atoms with E-state index in [-0.39, 0.29) is 18.5 Å². The molecule has 24 heavy (non-hydrogen) atoms. The van der Waals surface area contributed by atoms with E-state index in [0.717, 1.165) is 5.56 Å². The van der Waals surface area contributed by atoms with Gasteiger partial charge in [-0.25, -0.2) is 9.78 Å². The van der Waals surface area contributed by atoms with Crippen LogP contribution in [0.5, 0.6) is 5.88 Å². The fraction of sp³-hybridized carbons (Fsp3) is 0.600. The van der Waals surface area contributed by atoms with Crippen LogP contribution in [0.2, 0.25) is 0 Å². The van der Waals surface area contributed by atoms with E-state index >= 15 is 0 Å². The van der Waals surface area contributed by atoms with Crippen LogP contribution in [0.3, 0.4) is 0 Å². The minimum atomic E-state index is -4.18. The fourth-order valence-corrected chi connectivity index (χ4v) is 2.69. The van der Waals surface area contributed by atoms with Gasteiger partial charge in [0.25, 0.3) is 0 Å². The highest BCUT2D eigenvalue weighted by molar-refractivity contribution is 5.73. The molecule has 6 nitrogen and oxygen atoms in total. The van der Waals surface area contributed by atoms with Gasteiger partial charge < -0.3 is 15.4 Å². The molecule has 1 atom stereocenters. The number of urea groups is 1. The van der Waals surface area contributed by atoms with Gasteiger partial charge in [-0.3, -0.25) is 4.90 Å². The van der Waals surface area contributed by atoms with Crippen LogP contribution in [-0.2, 0) is 6.54 Å². The normalized spacial score (nSPS) is 18.4. The summed E-state index contributed by atoms with van der Waals surface area (Å²) in [7, 11) is 1.50. The summed E-state index contributed by atoms with van der Waals surface area (Å²) in [5.41, 5.74) is 0.743. The van der Waals surface area contributed by atoms with Crippen LogP contribution in [0.25, 0.3) is 0 Å². The number of carbonyl (C=O) groups excluding carboxylic acids is 1. The number of hydrogen-bond acceptors (Lipinski definition) is 4. The lowest BCUT2D eigenvalue weighted by atomic mass is 10.1. The average Bonchev–Trinajstić information content (AvgIpc) is 2.96. The number of hydrogen-bond donors (Lipinski definition) is 2. The highest BCUT2D eigenvalue weighted by atomic mass is 19.4. The first-order chi connectivity index (χ1) is 11.4. The van der Waals surface area contributed by atoms with Crippen molar-refractivity contribution in [2.45, 2.75) is 19.1 Å². The van der Waals surface area contributed by atoms with Crippen molar-refractivity contribution in [3.05, 3.63) is 23.9 Å². The molecule has 9 heteroatoms. The van der Waals surface area contributed by atoms with Crippen molar-refractivity contribution >= 4 is 6.03 Å². The number of halogens is 3. The van der Waals surface area contributed by atoms with E-state index in [1.54, 1.807) is 18.3 Å². The molecule has 0 spiro atoms. The Morgan fingerprint density at radius 2 is 2.25 bits per heavy atom. The molecule has 1 unspecified atom stereocenters. The summed E-state index contributed by atoms with van der Waals surface area (Å²) in [5, 5.41) is 5.38. The summed E-state index contributed by atoms with van der Waals surface area (Å²) in [4.78, 5) is 17.2. The Morgan fingerprint density at radius 3 is 2.96 bits per heavy atom. The highest BCUT2D eigenvalue weighted by Crippen LogP contribution is 2.22. The first kappa shape index (κ1) is 18.3. The summed E-state index contributed by atoms with van der Waals surface area (Å²) in [6.07, 6.45) is -1.94. The van der Waals surface area contributed by atoms with Gasteiger partial charge in [-0.1, -0.05) is 6.07 Å². The molecule has 2 heterocycles. The van der Waals surface area contributed by atoms with E-state index in [9.17, 15) is 18.0 Å². The Kier molecular flexibility index (Phi) is 6.24. The highest BCUT2D eigenvalue weighted by Gasteiger charge is 2.34. The van der Waals surface area contributed by atoms with Gasteiger partial charge in [0, 0.05) is 31.4 Å². The van der Waals surface area contributed by atoms with E-state index < -0.39 is 12.7 Å². The third-order valence-electron chi connectivity index (χ3n) is 3.81. The van der Waals surface area contributed by atoms with Crippen molar-refractivity contribution in [3.63, 3.8) is 0 Å². The molecular formula is C15H21F3N4O2. The number of aromatic nitrogens is 1. The number of pyridine rings is 1. The number of likely N-dealkylation sites (tertiary alicyclic amines) is 1. The lowest BCUT2D eigenvalue weighted by Gasteiger charge is -2.18. The Balaban J connectivity index is 1.69. The summed E-state index contributed by atoms with van der Waals surface area (Å²) >= 11 is 0.